The summed E-state index contributed by atoms with van der Waals surface area (Å²) in [6, 6.07) is 9.40. The number of amides is 1. The van der Waals surface area contributed by atoms with Gasteiger partial charge in [0.15, 0.2) is 0 Å². The van der Waals surface area contributed by atoms with E-state index in [1.165, 1.54) is 0 Å². The second kappa shape index (κ2) is 5.28. The molecule has 0 spiro atoms. The molecular formula is C16H19NO5. The highest BCUT2D eigenvalue weighted by Gasteiger charge is 2.70. The van der Waals surface area contributed by atoms with E-state index in [4.69, 9.17) is 9.47 Å². The Hall–Kier alpha value is -2.08. The van der Waals surface area contributed by atoms with E-state index in [-0.39, 0.29) is 19.3 Å². The van der Waals surface area contributed by atoms with Crippen molar-refractivity contribution in [3.05, 3.63) is 35.9 Å². The first-order valence-electron chi connectivity index (χ1n) is 7.32. The molecule has 0 aromatic heterocycles. The number of ether oxygens (including phenoxy) is 2. The van der Waals surface area contributed by atoms with Crippen LogP contribution in [-0.4, -0.2) is 35.4 Å². The normalized spacial score (nSPS) is 32.1. The lowest BCUT2D eigenvalue weighted by Gasteiger charge is -2.42. The third kappa shape index (κ3) is 2.43. The minimum atomic E-state index is -0.820. The van der Waals surface area contributed by atoms with Crippen LogP contribution in [0.5, 0.6) is 0 Å². The molecule has 2 aliphatic heterocycles. The Morgan fingerprint density at radius 1 is 1.36 bits per heavy atom. The van der Waals surface area contributed by atoms with Gasteiger partial charge in [0, 0.05) is 0 Å². The summed E-state index contributed by atoms with van der Waals surface area (Å²) in [6.45, 7) is 2.26. The second-order valence-electron chi connectivity index (χ2n) is 6.17. The predicted octanol–water partition coefficient (Wildman–Crippen LogP) is 1.94. The van der Waals surface area contributed by atoms with E-state index >= 15 is 0 Å². The van der Waals surface area contributed by atoms with E-state index in [2.05, 4.69) is 5.32 Å². The number of rotatable bonds is 5. The third-order valence-corrected chi connectivity index (χ3v) is 4.67. The Morgan fingerprint density at radius 3 is 2.64 bits per heavy atom. The van der Waals surface area contributed by atoms with Gasteiger partial charge in [0.1, 0.15) is 6.61 Å². The number of hydrogen-bond donors (Lipinski definition) is 2. The number of alkyl carbamates (subject to hydrolysis) is 1. The molecule has 1 aromatic rings. The number of carboxylic acids is 1. The highest BCUT2D eigenvalue weighted by atomic mass is 16.6. The van der Waals surface area contributed by atoms with E-state index in [0.29, 0.717) is 12.8 Å². The van der Waals surface area contributed by atoms with Crippen LogP contribution < -0.4 is 5.32 Å². The van der Waals surface area contributed by atoms with Crippen molar-refractivity contribution < 1.29 is 24.2 Å². The largest absolute Gasteiger partial charge is 0.481 e. The van der Waals surface area contributed by atoms with E-state index in [9.17, 15) is 14.7 Å². The van der Waals surface area contributed by atoms with Gasteiger partial charge in [-0.05, 0) is 25.3 Å². The number of fused-ring (bicyclic) bond motifs is 1. The zero-order valence-corrected chi connectivity index (χ0v) is 12.4. The summed E-state index contributed by atoms with van der Waals surface area (Å²) in [5, 5.41) is 12.0. The number of benzene rings is 1. The first kappa shape index (κ1) is 14.8. The maximum Gasteiger partial charge on any atom is 0.407 e. The zero-order valence-electron chi connectivity index (χ0n) is 12.4. The van der Waals surface area contributed by atoms with Gasteiger partial charge >= 0.3 is 12.1 Å². The highest BCUT2D eigenvalue weighted by molar-refractivity contribution is 5.78. The minimum Gasteiger partial charge on any atom is -0.481 e. The molecule has 1 aromatic carbocycles. The summed E-state index contributed by atoms with van der Waals surface area (Å²) >= 11 is 0. The van der Waals surface area contributed by atoms with Crippen LogP contribution >= 0.6 is 0 Å². The second-order valence-corrected chi connectivity index (χ2v) is 6.17. The van der Waals surface area contributed by atoms with Crippen LogP contribution in [0, 0.1) is 5.41 Å². The van der Waals surface area contributed by atoms with Crippen molar-refractivity contribution in [2.45, 2.75) is 38.1 Å². The van der Waals surface area contributed by atoms with Crippen molar-refractivity contribution >= 4 is 12.1 Å². The molecule has 22 heavy (non-hydrogen) atoms. The molecule has 2 N–H and O–H groups in total. The Balaban J connectivity index is 1.46. The fraction of sp³-hybridized carbons (Fsp3) is 0.500. The van der Waals surface area contributed by atoms with Gasteiger partial charge in [0.25, 0.3) is 0 Å². The Bertz CT molecular complexity index is 579. The molecule has 118 valence electrons. The van der Waals surface area contributed by atoms with E-state index in [0.717, 1.165) is 5.56 Å². The molecule has 3 fully saturated rings. The quantitative estimate of drug-likeness (QED) is 0.868. The van der Waals surface area contributed by atoms with Crippen molar-refractivity contribution in [1.29, 1.82) is 0 Å². The van der Waals surface area contributed by atoms with Crippen LogP contribution in [0.1, 0.15) is 25.3 Å². The number of carbonyl (C=O) groups is 2. The molecule has 2 bridgehead atoms. The van der Waals surface area contributed by atoms with E-state index < -0.39 is 23.1 Å². The first-order valence-corrected chi connectivity index (χ1v) is 7.32. The summed E-state index contributed by atoms with van der Waals surface area (Å²) < 4.78 is 10.9. The van der Waals surface area contributed by atoms with E-state index in [1.54, 1.807) is 6.92 Å². The molecule has 1 atom stereocenters. The molecule has 6 nitrogen and oxygen atoms in total. The molecule has 4 rings (SSSR count). The topological polar surface area (TPSA) is 84.9 Å². The number of nitrogens with one attached hydrogen (secondary N) is 1. The average Bonchev–Trinajstić information content (AvgIpc) is 2.92. The zero-order chi connectivity index (χ0) is 15.8. The molecule has 1 aliphatic carbocycles. The highest BCUT2D eigenvalue weighted by Crippen LogP contribution is 2.61. The molecule has 1 unspecified atom stereocenters. The number of carbonyl (C=O) groups excluding carboxylic acids is 1. The lowest BCUT2D eigenvalue weighted by Crippen LogP contribution is -2.55. The summed E-state index contributed by atoms with van der Waals surface area (Å²) in [5.74, 6) is -0.820. The molecule has 0 radical (unpaired) electrons. The van der Waals surface area contributed by atoms with Gasteiger partial charge in [-0.25, -0.2) is 4.79 Å². The molecule has 3 aliphatic rings. The summed E-state index contributed by atoms with van der Waals surface area (Å²) in [4.78, 5) is 23.0. The lowest BCUT2D eigenvalue weighted by atomic mass is 9.60. The molecular weight excluding hydrogens is 286 g/mol. The summed E-state index contributed by atoms with van der Waals surface area (Å²) in [6.07, 6.45) is 0.0339. The van der Waals surface area contributed by atoms with Crippen LogP contribution in [-0.2, 0) is 20.9 Å². The molecule has 2 saturated heterocycles. The fourth-order valence-corrected chi connectivity index (χ4v) is 3.46. The maximum absolute atomic E-state index is 11.7. The van der Waals surface area contributed by atoms with Crippen molar-refractivity contribution in [2.75, 3.05) is 6.54 Å². The van der Waals surface area contributed by atoms with Gasteiger partial charge in [-0.2, -0.15) is 0 Å². The smallest absolute Gasteiger partial charge is 0.407 e. The fourth-order valence-electron chi connectivity index (χ4n) is 3.46. The number of hydrogen-bond acceptors (Lipinski definition) is 4. The van der Waals surface area contributed by atoms with Crippen molar-refractivity contribution in [2.24, 2.45) is 5.41 Å². The Labute approximate surface area is 128 Å². The number of aliphatic carboxylic acids is 1. The molecule has 1 amide bonds. The van der Waals surface area contributed by atoms with Crippen LogP contribution in [0.4, 0.5) is 4.79 Å². The van der Waals surface area contributed by atoms with Crippen LogP contribution in [0.2, 0.25) is 0 Å². The molecule has 1 saturated carbocycles. The average molecular weight is 305 g/mol. The van der Waals surface area contributed by atoms with Gasteiger partial charge in [-0.3, -0.25) is 4.79 Å². The van der Waals surface area contributed by atoms with E-state index in [1.807, 2.05) is 30.3 Å². The van der Waals surface area contributed by atoms with Crippen LogP contribution in [0.15, 0.2) is 30.3 Å². The molecule has 2 heterocycles. The van der Waals surface area contributed by atoms with Crippen LogP contribution in [0.25, 0.3) is 0 Å². The summed E-state index contributed by atoms with van der Waals surface area (Å²) in [7, 11) is 0. The maximum atomic E-state index is 11.7. The van der Waals surface area contributed by atoms with Gasteiger partial charge in [-0.1, -0.05) is 30.3 Å². The van der Waals surface area contributed by atoms with Gasteiger partial charge in [0.2, 0.25) is 0 Å². The Kier molecular flexibility index (Phi) is 3.56. The van der Waals surface area contributed by atoms with Crippen LogP contribution in [0.3, 0.4) is 0 Å². The number of carboxylic acid groups (broad SMARTS) is 1. The minimum absolute atomic E-state index is 0.204. The van der Waals surface area contributed by atoms with Gasteiger partial charge in [0.05, 0.1) is 23.7 Å². The predicted molar refractivity (Wildman–Crippen MR) is 77.2 cm³/mol. The molecule has 6 heteroatoms. The van der Waals surface area contributed by atoms with Crippen molar-refractivity contribution in [1.82, 2.24) is 5.32 Å². The summed E-state index contributed by atoms with van der Waals surface area (Å²) in [5.41, 5.74) is -0.422. The first-order chi connectivity index (χ1) is 10.5. The van der Waals surface area contributed by atoms with Gasteiger partial charge in [-0.15, -0.1) is 0 Å². The van der Waals surface area contributed by atoms with Crippen molar-refractivity contribution in [3.63, 3.8) is 0 Å². The third-order valence-electron chi connectivity index (χ3n) is 4.67. The Morgan fingerprint density at radius 2 is 2.05 bits per heavy atom. The standard InChI is InChI=1S/C16H19NO5/c1-11-16(13(18)19)8-15(9-16,22-11)10-17-14(20)21-7-12-5-3-2-4-6-12/h2-6,11H,7-10H2,1H3,(H,17,20)(H,18,19). The van der Waals surface area contributed by atoms with Crippen molar-refractivity contribution in [3.8, 4) is 0 Å². The SMILES string of the molecule is CC1OC2(CNC(=O)OCc3ccccc3)CC1(C(=O)O)C2. The lowest BCUT2D eigenvalue weighted by molar-refractivity contribution is -0.154. The monoisotopic (exact) mass is 305 g/mol. The van der Waals surface area contributed by atoms with Gasteiger partial charge < -0.3 is 19.9 Å².